The molecule has 3 rings (SSSR count). The largest absolute Gasteiger partial charge is 0.357 e. The van der Waals surface area contributed by atoms with Crippen LogP contribution in [0.4, 0.5) is 11.4 Å². The highest BCUT2D eigenvalue weighted by Crippen LogP contribution is 2.43. The van der Waals surface area contributed by atoms with Crippen LogP contribution in [0, 0.1) is 5.41 Å². The van der Waals surface area contributed by atoms with Gasteiger partial charge in [0, 0.05) is 6.54 Å². The van der Waals surface area contributed by atoms with E-state index >= 15 is 0 Å². The molecule has 1 aromatic carbocycles. The van der Waals surface area contributed by atoms with Crippen LogP contribution < -0.4 is 10.2 Å². The van der Waals surface area contributed by atoms with E-state index in [-0.39, 0.29) is 17.4 Å². The van der Waals surface area contributed by atoms with Crippen molar-refractivity contribution in [3.63, 3.8) is 0 Å². The number of carbonyl (C=O) groups excluding carboxylic acids is 1. The van der Waals surface area contributed by atoms with Crippen LogP contribution in [-0.2, 0) is 4.79 Å². The molecule has 2 aliphatic rings. The number of nitrogens with zero attached hydrogens (tertiary/aromatic N) is 1. The summed E-state index contributed by atoms with van der Waals surface area (Å²) in [6.45, 7) is 5.37. The summed E-state index contributed by atoms with van der Waals surface area (Å²) in [4.78, 5) is 14.5. The molecule has 90 valence electrons. The number of para-hydroxylation sites is 2. The van der Waals surface area contributed by atoms with Gasteiger partial charge in [-0.2, -0.15) is 0 Å². The van der Waals surface area contributed by atoms with Crippen LogP contribution in [0.15, 0.2) is 24.3 Å². The van der Waals surface area contributed by atoms with Gasteiger partial charge in [-0.05, 0) is 30.4 Å². The number of amides is 1. The third-order valence-electron chi connectivity index (χ3n) is 3.99. The Labute approximate surface area is 102 Å². The third-order valence-corrected chi connectivity index (χ3v) is 3.99. The zero-order valence-corrected chi connectivity index (χ0v) is 10.4. The highest BCUT2D eigenvalue weighted by atomic mass is 16.2. The van der Waals surface area contributed by atoms with Crippen LogP contribution in [0.3, 0.4) is 0 Å². The van der Waals surface area contributed by atoms with Crippen LogP contribution >= 0.6 is 0 Å². The Hall–Kier alpha value is -1.51. The fourth-order valence-corrected chi connectivity index (χ4v) is 3.18. The minimum atomic E-state index is -0.0221. The van der Waals surface area contributed by atoms with E-state index in [4.69, 9.17) is 0 Å². The molecule has 1 atom stereocenters. The van der Waals surface area contributed by atoms with Gasteiger partial charge in [-0.1, -0.05) is 26.0 Å². The Morgan fingerprint density at radius 1 is 1.35 bits per heavy atom. The number of carbonyl (C=O) groups is 1. The Bertz CT molecular complexity index is 467. The van der Waals surface area contributed by atoms with Crippen molar-refractivity contribution in [2.75, 3.05) is 16.8 Å². The van der Waals surface area contributed by atoms with E-state index in [0.717, 1.165) is 25.1 Å². The lowest BCUT2D eigenvalue weighted by Gasteiger charge is -2.49. The first-order valence-electron chi connectivity index (χ1n) is 6.26. The number of rotatable bonds is 0. The van der Waals surface area contributed by atoms with Crippen molar-refractivity contribution in [2.45, 2.75) is 32.7 Å². The van der Waals surface area contributed by atoms with E-state index in [2.05, 4.69) is 30.1 Å². The van der Waals surface area contributed by atoms with Gasteiger partial charge in [0.15, 0.2) is 0 Å². The molecule has 0 aliphatic carbocycles. The molecule has 1 unspecified atom stereocenters. The average Bonchev–Trinajstić information content (AvgIpc) is 2.28. The minimum absolute atomic E-state index is 0.0221. The molecule has 0 spiro atoms. The van der Waals surface area contributed by atoms with Gasteiger partial charge in [0.25, 0.3) is 0 Å². The maximum Gasteiger partial charge on any atom is 0.247 e. The van der Waals surface area contributed by atoms with Gasteiger partial charge in [-0.3, -0.25) is 4.79 Å². The molecule has 3 nitrogen and oxygen atoms in total. The second-order valence-corrected chi connectivity index (χ2v) is 5.69. The minimum Gasteiger partial charge on any atom is -0.357 e. The van der Waals surface area contributed by atoms with Gasteiger partial charge in [0.05, 0.1) is 11.4 Å². The van der Waals surface area contributed by atoms with Crippen molar-refractivity contribution in [2.24, 2.45) is 5.41 Å². The monoisotopic (exact) mass is 230 g/mol. The lowest BCUT2D eigenvalue weighted by Crippen LogP contribution is -2.58. The van der Waals surface area contributed by atoms with Crippen LogP contribution in [-0.4, -0.2) is 18.5 Å². The molecule has 1 N–H and O–H groups in total. The molecule has 1 saturated heterocycles. The first-order valence-corrected chi connectivity index (χ1v) is 6.26. The summed E-state index contributed by atoms with van der Waals surface area (Å²) in [5.74, 6) is 0.147. The third kappa shape index (κ3) is 1.53. The summed E-state index contributed by atoms with van der Waals surface area (Å²) in [6.07, 6.45) is 2.27. The molecule has 2 aliphatic heterocycles. The molecule has 0 saturated carbocycles. The predicted octanol–water partition coefficient (Wildman–Crippen LogP) is 2.63. The van der Waals surface area contributed by atoms with Crippen molar-refractivity contribution < 1.29 is 4.79 Å². The van der Waals surface area contributed by atoms with Crippen molar-refractivity contribution in [1.82, 2.24) is 0 Å². The molecule has 17 heavy (non-hydrogen) atoms. The number of fused-ring (bicyclic) bond motifs is 3. The number of benzene rings is 1. The summed E-state index contributed by atoms with van der Waals surface area (Å²) in [5.41, 5.74) is 2.17. The van der Waals surface area contributed by atoms with Crippen molar-refractivity contribution in [3.8, 4) is 0 Å². The van der Waals surface area contributed by atoms with E-state index in [9.17, 15) is 4.79 Å². The van der Waals surface area contributed by atoms with Gasteiger partial charge in [-0.15, -0.1) is 0 Å². The van der Waals surface area contributed by atoms with E-state index < -0.39 is 0 Å². The maximum atomic E-state index is 12.3. The van der Waals surface area contributed by atoms with Gasteiger partial charge in [0.1, 0.15) is 6.04 Å². The second kappa shape index (κ2) is 3.49. The highest BCUT2D eigenvalue weighted by molar-refractivity contribution is 6.04. The summed E-state index contributed by atoms with van der Waals surface area (Å²) >= 11 is 0. The number of piperidine rings is 1. The number of hydrogen-bond donors (Lipinski definition) is 1. The molecular formula is C14H18N2O. The summed E-state index contributed by atoms with van der Waals surface area (Å²) in [5, 5.41) is 3.03. The fourth-order valence-electron chi connectivity index (χ4n) is 3.18. The normalized spacial score (nSPS) is 25.9. The van der Waals surface area contributed by atoms with Crippen LogP contribution in [0.2, 0.25) is 0 Å². The molecule has 3 heteroatoms. The molecular weight excluding hydrogens is 212 g/mol. The molecule has 0 aromatic heterocycles. The Kier molecular flexibility index (Phi) is 2.18. The summed E-state index contributed by atoms with van der Waals surface area (Å²) in [6, 6.07) is 8.06. The molecule has 1 aromatic rings. The molecule has 1 fully saturated rings. The number of nitrogens with one attached hydrogen (secondary N) is 1. The standard InChI is InChI=1S/C14H18N2O/c1-14(2)8-5-9-16-11-7-4-3-6-10(11)15-13(17)12(14)16/h3-4,6-7,12H,5,8-9H2,1-2H3,(H,15,17). The van der Waals surface area contributed by atoms with E-state index in [1.807, 2.05) is 18.2 Å². The Morgan fingerprint density at radius 2 is 2.12 bits per heavy atom. The molecule has 2 heterocycles. The van der Waals surface area contributed by atoms with Gasteiger partial charge in [0.2, 0.25) is 5.91 Å². The van der Waals surface area contributed by atoms with Crippen molar-refractivity contribution in [3.05, 3.63) is 24.3 Å². The maximum absolute atomic E-state index is 12.3. The molecule has 0 bridgehead atoms. The molecule has 0 radical (unpaired) electrons. The lowest BCUT2D eigenvalue weighted by molar-refractivity contribution is -0.120. The second-order valence-electron chi connectivity index (χ2n) is 5.69. The summed E-state index contributed by atoms with van der Waals surface area (Å²) < 4.78 is 0. The predicted molar refractivity (Wildman–Crippen MR) is 69.2 cm³/mol. The van der Waals surface area contributed by atoms with E-state index in [1.54, 1.807) is 0 Å². The van der Waals surface area contributed by atoms with E-state index in [1.165, 1.54) is 5.69 Å². The SMILES string of the molecule is CC1(C)CCCN2c3ccccc3NC(=O)C21. The molecule has 1 amide bonds. The quantitative estimate of drug-likeness (QED) is 0.743. The van der Waals surface area contributed by atoms with Crippen molar-refractivity contribution in [1.29, 1.82) is 0 Å². The lowest BCUT2D eigenvalue weighted by atomic mass is 9.75. The number of hydrogen-bond acceptors (Lipinski definition) is 2. The average molecular weight is 230 g/mol. The summed E-state index contributed by atoms with van der Waals surface area (Å²) in [7, 11) is 0. The fraction of sp³-hybridized carbons (Fsp3) is 0.500. The Balaban J connectivity index is 2.09. The topological polar surface area (TPSA) is 32.3 Å². The zero-order valence-electron chi connectivity index (χ0n) is 10.4. The first kappa shape index (κ1) is 10.6. The first-order chi connectivity index (χ1) is 8.09. The number of anilines is 2. The van der Waals surface area contributed by atoms with Crippen molar-refractivity contribution >= 4 is 17.3 Å². The van der Waals surface area contributed by atoms with Crippen LogP contribution in [0.25, 0.3) is 0 Å². The van der Waals surface area contributed by atoms with Gasteiger partial charge >= 0.3 is 0 Å². The highest BCUT2D eigenvalue weighted by Gasteiger charge is 2.45. The van der Waals surface area contributed by atoms with Crippen LogP contribution in [0.5, 0.6) is 0 Å². The smallest absolute Gasteiger partial charge is 0.247 e. The van der Waals surface area contributed by atoms with Crippen LogP contribution in [0.1, 0.15) is 26.7 Å². The van der Waals surface area contributed by atoms with Gasteiger partial charge < -0.3 is 10.2 Å². The van der Waals surface area contributed by atoms with Gasteiger partial charge in [-0.25, -0.2) is 0 Å². The zero-order chi connectivity index (χ0) is 12.0. The van der Waals surface area contributed by atoms with E-state index in [0.29, 0.717) is 0 Å². The Morgan fingerprint density at radius 3 is 2.94 bits per heavy atom.